The van der Waals surface area contributed by atoms with Crippen LogP contribution in [0.5, 0.6) is 0 Å². The summed E-state index contributed by atoms with van der Waals surface area (Å²) in [5.74, 6) is 0.0741. The molecule has 0 aliphatic carbocycles. The molecule has 1 amide bonds. The number of carbonyl (C=O) groups is 1. The van der Waals surface area contributed by atoms with Crippen LogP contribution in [0.2, 0.25) is 0 Å². The monoisotopic (exact) mass is 314 g/mol. The van der Waals surface area contributed by atoms with Crippen LogP contribution in [0.3, 0.4) is 0 Å². The molecular weight excluding hydrogens is 296 g/mol. The first-order valence-electron chi connectivity index (χ1n) is 8.10. The molecule has 1 aromatic heterocycles. The van der Waals surface area contributed by atoms with Crippen molar-refractivity contribution in [3.63, 3.8) is 0 Å². The summed E-state index contributed by atoms with van der Waals surface area (Å²) in [6, 6.07) is 18.1. The molecule has 2 heterocycles. The van der Waals surface area contributed by atoms with Crippen LogP contribution in [0.4, 0.5) is 0 Å². The fraction of sp³-hybridized carbons (Fsp3) is 0.143. The van der Waals surface area contributed by atoms with E-state index in [4.69, 9.17) is 0 Å². The summed E-state index contributed by atoms with van der Waals surface area (Å²) in [6.45, 7) is 3.36. The van der Waals surface area contributed by atoms with Crippen molar-refractivity contribution in [2.24, 2.45) is 0 Å². The van der Waals surface area contributed by atoms with Crippen molar-refractivity contribution in [3.8, 4) is 11.1 Å². The topological polar surface area (TPSA) is 33.2 Å². The first-order valence-corrected chi connectivity index (χ1v) is 8.10. The molecule has 24 heavy (non-hydrogen) atoms. The highest BCUT2D eigenvalue weighted by Gasteiger charge is 2.26. The van der Waals surface area contributed by atoms with Crippen LogP contribution in [-0.2, 0) is 13.1 Å². The lowest BCUT2D eigenvalue weighted by atomic mass is 9.95. The number of nitrogens with zero attached hydrogens (tertiary/aromatic N) is 2. The summed E-state index contributed by atoms with van der Waals surface area (Å²) in [5.41, 5.74) is 6.36. The molecule has 3 nitrogen and oxygen atoms in total. The largest absolute Gasteiger partial charge is 0.330 e. The Morgan fingerprint density at radius 2 is 1.62 bits per heavy atom. The molecule has 0 radical (unpaired) electrons. The molecule has 0 fully saturated rings. The molecule has 0 spiro atoms. The van der Waals surface area contributed by atoms with Gasteiger partial charge >= 0.3 is 0 Å². The average Bonchev–Trinajstić information content (AvgIpc) is 3.06. The van der Waals surface area contributed by atoms with Crippen molar-refractivity contribution in [1.82, 2.24) is 9.88 Å². The van der Waals surface area contributed by atoms with Crippen LogP contribution in [0.25, 0.3) is 11.1 Å². The van der Waals surface area contributed by atoms with E-state index in [9.17, 15) is 4.79 Å². The first-order chi connectivity index (χ1) is 11.7. The number of hydrogen-bond acceptors (Lipinski definition) is 2. The Kier molecular flexibility index (Phi) is 3.62. The highest BCUT2D eigenvalue weighted by molar-refractivity contribution is 6.01. The summed E-state index contributed by atoms with van der Waals surface area (Å²) in [6.07, 6.45) is 3.64. The molecule has 1 aliphatic heterocycles. The molecular formula is C21H18N2O. The zero-order valence-corrected chi connectivity index (χ0v) is 13.6. The minimum Gasteiger partial charge on any atom is -0.330 e. The Hall–Kier alpha value is -2.94. The van der Waals surface area contributed by atoms with Crippen molar-refractivity contribution in [2.45, 2.75) is 20.0 Å². The SMILES string of the molecule is Cc1ccccc1-c1ccccc1C(=O)N1Cc2ccncc2C1. The smallest absolute Gasteiger partial charge is 0.255 e. The second kappa shape index (κ2) is 5.93. The number of carbonyl (C=O) groups excluding carboxylic acids is 1. The van der Waals surface area contributed by atoms with Gasteiger partial charge in [0.2, 0.25) is 0 Å². The molecule has 3 aromatic rings. The maximum Gasteiger partial charge on any atom is 0.255 e. The number of benzene rings is 2. The Labute approximate surface area is 141 Å². The second-order valence-corrected chi connectivity index (χ2v) is 6.17. The van der Waals surface area contributed by atoms with Gasteiger partial charge in [0.15, 0.2) is 0 Å². The van der Waals surface area contributed by atoms with Gasteiger partial charge in [0.05, 0.1) is 0 Å². The summed E-state index contributed by atoms with van der Waals surface area (Å²) < 4.78 is 0. The van der Waals surface area contributed by atoms with Crippen molar-refractivity contribution < 1.29 is 4.79 Å². The molecule has 0 atom stereocenters. The predicted molar refractivity (Wildman–Crippen MR) is 94.4 cm³/mol. The molecule has 1 aliphatic rings. The van der Waals surface area contributed by atoms with Gasteiger partial charge in [0.1, 0.15) is 0 Å². The molecule has 118 valence electrons. The Morgan fingerprint density at radius 1 is 0.917 bits per heavy atom. The van der Waals surface area contributed by atoms with E-state index in [0.29, 0.717) is 13.1 Å². The van der Waals surface area contributed by atoms with Crippen LogP contribution in [0.15, 0.2) is 67.0 Å². The van der Waals surface area contributed by atoms with Gasteiger partial charge in [-0.2, -0.15) is 0 Å². The third-order valence-corrected chi connectivity index (χ3v) is 4.61. The van der Waals surface area contributed by atoms with Crippen molar-refractivity contribution >= 4 is 5.91 Å². The van der Waals surface area contributed by atoms with E-state index in [-0.39, 0.29) is 5.91 Å². The lowest BCUT2D eigenvalue weighted by Crippen LogP contribution is -2.25. The fourth-order valence-corrected chi connectivity index (χ4v) is 3.31. The maximum absolute atomic E-state index is 13.1. The first kappa shape index (κ1) is 14.6. The van der Waals surface area contributed by atoms with E-state index < -0.39 is 0 Å². The van der Waals surface area contributed by atoms with E-state index in [0.717, 1.165) is 22.3 Å². The number of aromatic nitrogens is 1. The Morgan fingerprint density at radius 3 is 2.42 bits per heavy atom. The van der Waals surface area contributed by atoms with Crippen LogP contribution in [0.1, 0.15) is 27.0 Å². The van der Waals surface area contributed by atoms with Gasteiger partial charge in [-0.25, -0.2) is 0 Å². The van der Waals surface area contributed by atoms with Gasteiger partial charge in [-0.05, 0) is 46.9 Å². The van der Waals surface area contributed by atoms with E-state index >= 15 is 0 Å². The number of aryl methyl sites for hydroxylation is 1. The van der Waals surface area contributed by atoms with E-state index in [1.165, 1.54) is 11.1 Å². The number of pyridine rings is 1. The zero-order chi connectivity index (χ0) is 16.5. The Balaban J connectivity index is 1.71. The van der Waals surface area contributed by atoms with Gasteiger partial charge in [-0.1, -0.05) is 42.5 Å². The lowest BCUT2D eigenvalue weighted by Gasteiger charge is -2.18. The average molecular weight is 314 g/mol. The van der Waals surface area contributed by atoms with Crippen LogP contribution in [-0.4, -0.2) is 15.8 Å². The molecule has 0 saturated heterocycles. The van der Waals surface area contributed by atoms with Gasteiger partial charge in [0.25, 0.3) is 5.91 Å². The van der Waals surface area contributed by atoms with Crippen LogP contribution < -0.4 is 0 Å². The number of amides is 1. The highest BCUT2D eigenvalue weighted by atomic mass is 16.2. The van der Waals surface area contributed by atoms with Crippen molar-refractivity contribution in [3.05, 3.63) is 89.2 Å². The van der Waals surface area contributed by atoms with Gasteiger partial charge in [-0.15, -0.1) is 0 Å². The van der Waals surface area contributed by atoms with E-state index in [1.54, 1.807) is 6.20 Å². The fourth-order valence-electron chi connectivity index (χ4n) is 3.31. The third-order valence-electron chi connectivity index (χ3n) is 4.61. The summed E-state index contributed by atoms with van der Waals surface area (Å²) in [4.78, 5) is 19.2. The maximum atomic E-state index is 13.1. The van der Waals surface area contributed by atoms with Crippen molar-refractivity contribution in [2.75, 3.05) is 0 Å². The van der Waals surface area contributed by atoms with Gasteiger partial charge in [0, 0.05) is 31.0 Å². The summed E-state index contributed by atoms with van der Waals surface area (Å²) >= 11 is 0. The van der Waals surface area contributed by atoms with Gasteiger partial charge in [-0.3, -0.25) is 9.78 Å². The normalized spacial score (nSPS) is 13.0. The van der Waals surface area contributed by atoms with Gasteiger partial charge < -0.3 is 4.90 Å². The molecule has 0 saturated carbocycles. The summed E-state index contributed by atoms with van der Waals surface area (Å²) in [7, 11) is 0. The molecule has 0 bridgehead atoms. The van der Waals surface area contributed by atoms with E-state index in [2.05, 4.69) is 24.0 Å². The Bertz CT molecular complexity index is 892. The molecule has 3 heteroatoms. The molecule has 0 N–H and O–H groups in total. The highest BCUT2D eigenvalue weighted by Crippen LogP contribution is 2.30. The molecule has 2 aromatic carbocycles. The lowest BCUT2D eigenvalue weighted by molar-refractivity contribution is 0.0752. The third kappa shape index (κ3) is 2.48. The van der Waals surface area contributed by atoms with Crippen molar-refractivity contribution in [1.29, 1.82) is 0 Å². The summed E-state index contributed by atoms with van der Waals surface area (Å²) in [5, 5.41) is 0. The minimum absolute atomic E-state index is 0.0741. The predicted octanol–water partition coefficient (Wildman–Crippen LogP) is 4.21. The number of hydrogen-bond donors (Lipinski definition) is 0. The molecule has 0 unspecified atom stereocenters. The number of rotatable bonds is 2. The standard InChI is InChI=1S/C21H18N2O/c1-15-6-2-3-7-18(15)19-8-4-5-9-20(19)21(24)23-13-16-10-11-22-12-17(16)14-23/h2-12H,13-14H2,1H3. The molecule has 4 rings (SSSR count). The minimum atomic E-state index is 0.0741. The zero-order valence-electron chi connectivity index (χ0n) is 13.6. The van der Waals surface area contributed by atoms with E-state index in [1.807, 2.05) is 53.6 Å². The second-order valence-electron chi connectivity index (χ2n) is 6.17. The quantitative estimate of drug-likeness (QED) is 0.710. The number of fused-ring (bicyclic) bond motifs is 1. The van der Waals surface area contributed by atoms with Crippen LogP contribution in [0, 0.1) is 6.92 Å². The van der Waals surface area contributed by atoms with Crippen LogP contribution >= 0.6 is 0 Å².